The minimum absolute atomic E-state index is 0.292. The lowest BCUT2D eigenvalue weighted by Crippen LogP contribution is -2.40. The van der Waals surface area contributed by atoms with Gasteiger partial charge in [0.1, 0.15) is 0 Å². The Morgan fingerprint density at radius 1 is 1.12 bits per heavy atom. The van der Waals surface area contributed by atoms with Gasteiger partial charge in [0.25, 0.3) is 0 Å². The highest BCUT2D eigenvalue weighted by atomic mass is 19.4. The quantitative estimate of drug-likeness (QED) is 0.613. The third-order valence-corrected chi connectivity index (χ3v) is 5.49. The average molecular weight is 378 g/mol. The molecule has 0 spiro atoms. The third-order valence-electron chi connectivity index (χ3n) is 5.49. The summed E-state index contributed by atoms with van der Waals surface area (Å²) in [7, 11) is 0. The van der Waals surface area contributed by atoms with Crippen molar-refractivity contribution in [2.75, 3.05) is 0 Å². The van der Waals surface area contributed by atoms with E-state index < -0.39 is 29.0 Å². The molecule has 0 unspecified atom stereocenters. The Hall–Kier alpha value is -1.66. The Labute approximate surface area is 149 Å². The predicted octanol–water partition coefficient (Wildman–Crippen LogP) is 6.04. The maximum atomic E-state index is 13.4. The zero-order chi connectivity index (χ0) is 19.6. The first-order chi connectivity index (χ1) is 12.0. The number of carbonyl (C=O) groups is 1. The van der Waals surface area contributed by atoms with Crippen molar-refractivity contribution in [1.29, 1.82) is 0 Å². The fourth-order valence-electron chi connectivity index (χ4n) is 3.74. The Kier molecular flexibility index (Phi) is 5.98. The second-order valence-electron chi connectivity index (χ2n) is 7.12. The molecule has 0 amide bonds. The van der Waals surface area contributed by atoms with Crippen molar-refractivity contribution in [2.45, 2.75) is 69.4 Å². The molecule has 0 aromatic heterocycles. The number of aliphatic carboxylic acids is 1. The van der Waals surface area contributed by atoms with E-state index in [1.165, 1.54) is 0 Å². The third kappa shape index (κ3) is 3.86. The number of rotatable bonds is 6. The Morgan fingerprint density at radius 3 is 2.08 bits per heavy atom. The summed E-state index contributed by atoms with van der Waals surface area (Å²) < 4.78 is 64.3. The molecule has 146 valence electrons. The van der Waals surface area contributed by atoms with E-state index in [-0.39, 0.29) is 0 Å². The van der Waals surface area contributed by atoms with Crippen LogP contribution >= 0.6 is 0 Å². The van der Waals surface area contributed by atoms with Gasteiger partial charge in [0.2, 0.25) is 0 Å². The van der Waals surface area contributed by atoms with Crippen molar-refractivity contribution < 1.29 is 31.9 Å². The van der Waals surface area contributed by atoms with Crippen LogP contribution in [-0.4, -0.2) is 17.3 Å². The van der Waals surface area contributed by atoms with Gasteiger partial charge in [0.05, 0.1) is 5.41 Å². The molecule has 26 heavy (non-hydrogen) atoms. The summed E-state index contributed by atoms with van der Waals surface area (Å²) in [5.41, 5.74) is -2.10. The molecule has 7 heteroatoms. The van der Waals surface area contributed by atoms with Gasteiger partial charge in [-0.05, 0) is 37.2 Å². The van der Waals surface area contributed by atoms with E-state index in [1.807, 2.05) is 0 Å². The molecule has 1 aliphatic rings. The predicted molar refractivity (Wildman–Crippen MR) is 87.2 cm³/mol. The topological polar surface area (TPSA) is 37.3 Å². The van der Waals surface area contributed by atoms with Crippen molar-refractivity contribution in [3.8, 4) is 0 Å². The first kappa shape index (κ1) is 20.6. The lowest BCUT2D eigenvalue weighted by Gasteiger charge is -2.37. The van der Waals surface area contributed by atoms with E-state index in [0.717, 1.165) is 31.4 Å². The largest absolute Gasteiger partial charge is 0.481 e. The number of halogens is 5. The van der Waals surface area contributed by atoms with E-state index in [4.69, 9.17) is 0 Å². The number of hydrogen-bond acceptors (Lipinski definition) is 1. The van der Waals surface area contributed by atoms with Crippen LogP contribution in [0.15, 0.2) is 24.3 Å². The van der Waals surface area contributed by atoms with E-state index in [2.05, 4.69) is 6.92 Å². The average Bonchev–Trinajstić information content (AvgIpc) is 2.59. The van der Waals surface area contributed by atoms with E-state index in [1.54, 1.807) is 0 Å². The zero-order valence-electron chi connectivity index (χ0n) is 14.6. The SMILES string of the molecule is CCCCC1CCC(C(=O)O)(c2ccc(C(F)(F)C(F)(F)F)cc2)CC1. The summed E-state index contributed by atoms with van der Waals surface area (Å²) in [6.45, 7) is 2.09. The Bertz CT molecular complexity index is 614. The summed E-state index contributed by atoms with van der Waals surface area (Å²) in [4.78, 5) is 11.9. The summed E-state index contributed by atoms with van der Waals surface area (Å²) in [5, 5.41) is 9.73. The first-order valence-corrected chi connectivity index (χ1v) is 8.83. The number of benzene rings is 1. The molecule has 1 aromatic rings. The molecule has 1 fully saturated rings. The normalized spacial score (nSPS) is 24.5. The molecule has 0 radical (unpaired) electrons. The van der Waals surface area contributed by atoms with Gasteiger partial charge in [0.15, 0.2) is 0 Å². The number of carboxylic acids is 1. The van der Waals surface area contributed by atoms with Crippen molar-refractivity contribution in [1.82, 2.24) is 0 Å². The van der Waals surface area contributed by atoms with Crippen LogP contribution < -0.4 is 0 Å². The highest BCUT2D eigenvalue weighted by Crippen LogP contribution is 2.46. The van der Waals surface area contributed by atoms with Crippen LogP contribution in [-0.2, 0) is 16.1 Å². The molecule has 1 saturated carbocycles. The zero-order valence-corrected chi connectivity index (χ0v) is 14.6. The smallest absolute Gasteiger partial charge is 0.458 e. The molecule has 0 saturated heterocycles. The molecule has 2 nitrogen and oxygen atoms in total. The molecule has 0 heterocycles. The molecule has 0 atom stereocenters. The monoisotopic (exact) mass is 378 g/mol. The minimum atomic E-state index is -5.68. The van der Waals surface area contributed by atoms with Crippen LogP contribution in [0.2, 0.25) is 0 Å². The van der Waals surface area contributed by atoms with Crippen molar-refractivity contribution in [3.05, 3.63) is 35.4 Å². The molecule has 1 aromatic carbocycles. The summed E-state index contributed by atoms with van der Waals surface area (Å²) >= 11 is 0. The standard InChI is InChI=1S/C19H23F5O2/c1-2-3-4-13-9-11-17(12-10-13,16(25)26)14-5-7-15(8-6-14)18(20,21)19(22,23)24/h5-8,13H,2-4,9-12H2,1H3,(H,25,26). The van der Waals surface area contributed by atoms with Crippen LogP contribution in [0.3, 0.4) is 0 Å². The molecule has 1 aliphatic carbocycles. The van der Waals surface area contributed by atoms with Gasteiger partial charge >= 0.3 is 18.1 Å². The lowest BCUT2D eigenvalue weighted by atomic mass is 9.66. The van der Waals surface area contributed by atoms with E-state index >= 15 is 0 Å². The van der Waals surface area contributed by atoms with Crippen molar-refractivity contribution in [2.24, 2.45) is 5.92 Å². The van der Waals surface area contributed by atoms with Crippen LogP contribution in [0.1, 0.15) is 63.0 Å². The number of alkyl halides is 5. The molecule has 0 aliphatic heterocycles. The highest BCUT2D eigenvalue weighted by molar-refractivity contribution is 5.81. The second-order valence-corrected chi connectivity index (χ2v) is 7.12. The molecule has 1 N–H and O–H groups in total. The molecule has 0 bridgehead atoms. The van der Waals surface area contributed by atoms with Crippen LogP contribution in [0.4, 0.5) is 22.0 Å². The minimum Gasteiger partial charge on any atom is -0.481 e. The van der Waals surface area contributed by atoms with Crippen LogP contribution in [0.5, 0.6) is 0 Å². The maximum Gasteiger partial charge on any atom is 0.458 e. The Morgan fingerprint density at radius 2 is 1.65 bits per heavy atom. The fraction of sp³-hybridized carbons (Fsp3) is 0.632. The van der Waals surface area contributed by atoms with E-state index in [0.29, 0.717) is 49.3 Å². The van der Waals surface area contributed by atoms with Crippen molar-refractivity contribution in [3.63, 3.8) is 0 Å². The van der Waals surface area contributed by atoms with Gasteiger partial charge in [-0.2, -0.15) is 22.0 Å². The Balaban J connectivity index is 2.23. The van der Waals surface area contributed by atoms with Gasteiger partial charge < -0.3 is 5.11 Å². The summed E-state index contributed by atoms with van der Waals surface area (Å²) in [6, 6.07) is 3.60. The molecular weight excluding hydrogens is 355 g/mol. The van der Waals surface area contributed by atoms with Crippen molar-refractivity contribution >= 4 is 5.97 Å². The van der Waals surface area contributed by atoms with Gasteiger partial charge in [-0.3, -0.25) is 4.79 Å². The van der Waals surface area contributed by atoms with Gasteiger partial charge in [0, 0.05) is 5.56 Å². The number of hydrogen-bond donors (Lipinski definition) is 1. The first-order valence-electron chi connectivity index (χ1n) is 8.83. The number of unbranched alkanes of at least 4 members (excludes halogenated alkanes) is 1. The second kappa shape index (κ2) is 7.53. The lowest BCUT2D eigenvalue weighted by molar-refractivity contribution is -0.289. The maximum absolute atomic E-state index is 13.4. The molecular formula is C19H23F5O2. The summed E-state index contributed by atoms with van der Waals surface area (Å²) in [6.07, 6.45) is -0.350. The van der Waals surface area contributed by atoms with E-state index in [9.17, 15) is 31.9 Å². The van der Waals surface area contributed by atoms with Crippen LogP contribution in [0, 0.1) is 5.92 Å². The highest BCUT2D eigenvalue weighted by Gasteiger charge is 2.58. The fourth-order valence-corrected chi connectivity index (χ4v) is 3.74. The van der Waals surface area contributed by atoms with Gasteiger partial charge in [-0.1, -0.05) is 50.5 Å². The van der Waals surface area contributed by atoms with Gasteiger partial charge in [-0.15, -0.1) is 0 Å². The summed E-state index contributed by atoms with van der Waals surface area (Å²) in [5.74, 6) is -5.57. The number of carboxylic acid groups (broad SMARTS) is 1. The van der Waals surface area contributed by atoms with Gasteiger partial charge in [-0.25, -0.2) is 0 Å². The van der Waals surface area contributed by atoms with Crippen LogP contribution in [0.25, 0.3) is 0 Å². The molecule has 2 rings (SSSR count).